The summed E-state index contributed by atoms with van der Waals surface area (Å²) >= 11 is 0. The summed E-state index contributed by atoms with van der Waals surface area (Å²) in [6.45, 7) is 0. The largest absolute Gasteiger partial charge is 0.309 e. The van der Waals surface area contributed by atoms with Crippen LogP contribution in [0.2, 0.25) is 0 Å². The molecule has 0 saturated carbocycles. The molecular weight excluding hydrogens is 605 g/mol. The third kappa shape index (κ3) is 4.43. The molecule has 0 bridgehead atoms. The van der Waals surface area contributed by atoms with Crippen LogP contribution in [0.3, 0.4) is 0 Å². The van der Waals surface area contributed by atoms with Gasteiger partial charge in [0.05, 0.1) is 34.4 Å². The first-order valence-corrected chi connectivity index (χ1v) is 16.5. The average molecular weight is 646 g/mol. The Hall–Kier alpha value is -6.64. The van der Waals surface area contributed by atoms with E-state index in [9.17, 15) is 0 Å². The molecule has 0 aliphatic heterocycles. The molecule has 0 radical (unpaired) electrons. The van der Waals surface area contributed by atoms with Crippen LogP contribution in [0.15, 0.2) is 194 Å². The van der Waals surface area contributed by atoms with E-state index in [4.69, 9.17) is 12.3 Å². The van der Waals surface area contributed by atoms with Crippen molar-refractivity contribution in [3.05, 3.63) is 194 Å². The van der Waals surface area contributed by atoms with E-state index in [0.717, 1.165) is 44.2 Å². The van der Waals surface area contributed by atoms with Gasteiger partial charge in [0, 0.05) is 32.9 Å². The summed E-state index contributed by atoms with van der Waals surface area (Å²) in [6.07, 6.45) is 0. The van der Waals surface area contributed by atoms with Gasteiger partial charge in [-0.15, -0.1) is 0 Å². The van der Waals surface area contributed by atoms with E-state index >= 15 is 0 Å². The Bertz CT molecular complexity index is 3280. The Morgan fingerprint density at radius 1 is 0.340 bits per heavy atom. The van der Waals surface area contributed by atoms with Gasteiger partial charge in [-0.3, -0.25) is 0 Å². The molecule has 0 spiro atoms. The van der Waals surface area contributed by atoms with Crippen molar-refractivity contribution in [1.82, 2.24) is 9.13 Å². The van der Waals surface area contributed by atoms with Crippen LogP contribution < -0.4 is 0 Å². The number of fused-ring (bicyclic) bond motifs is 6. The third-order valence-electron chi connectivity index (χ3n) is 9.55. The number of hydrogen-bond donors (Lipinski definition) is 0. The molecule has 2 heteroatoms. The van der Waals surface area contributed by atoms with Gasteiger partial charge in [-0.1, -0.05) is 139 Å². The zero-order chi connectivity index (χ0) is 40.9. The first kappa shape index (κ1) is 20.7. The van der Waals surface area contributed by atoms with Crippen LogP contribution in [-0.2, 0) is 0 Å². The smallest absolute Gasteiger partial charge is 0.0645 e. The van der Waals surface area contributed by atoms with Gasteiger partial charge in [0.25, 0.3) is 0 Å². The van der Waals surface area contributed by atoms with Crippen molar-refractivity contribution < 1.29 is 12.3 Å². The van der Waals surface area contributed by atoms with Gasteiger partial charge < -0.3 is 9.13 Å². The highest BCUT2D eigenvalue weighted by molar-refractivity contribution is 6.13. The molecule has 2 aromatic heterocycles. The number of hydrogen-bond acceptors (Lipinski definition) is 0. The van der Waals surface area contributed by atoms with E-state index in [-0.39, 0.29) is 41.9 Å². The predicted molar refractivity (Wildman–Crippen MR) is 211 cm³/mol. The lowest BCUT2D eigenvalue weighted by molar-refractivity contribution is 1.17. The zero-order valence-electron chi connectivity index (χ0n) is 35.7. The van der Waals surface area contributed by atoms with Gasteiger partial charge in [-0.05, 0) is 87.9 Å². The molecule has 0 fully saturated rings. The van der Waals surface area contributed by atoms with E-state index in [2.05, 4.69) is 48.5 Å². The molecule has 0 unspecified atom stereocenters. The number of para-hydroxylation sites is 3. The van der Waals surface area contributed by atoms with Crippen molar-refractivity contribution in [2.24, 2.45) is 0 Å². The quantitative estimate of drug-likeness (QED) is 0.176. The molecule has 0 aliphatic rings. The lowest BCUT2D eigenvalue weighted by Gasteiger charge is -2.17. The van der Waals surface area contributed by atoms with Gasteiger partial charge in [-0.25, -0.2) is 0 Å². The zero-order valence-corrected chi connectivity index (χ0v) is 26.7. The topological polar surface area (TPSA) is 9.86 Å². The Labute approximate surface area is 303 Å². The Morgan fingerprint density at radius 2 is 0.920 bits per heavy atom. The van der Waals surface area contributed by atoms with Crippen LogP contribution in [0.4, 0.5) is 0 Å². The van der Waals surface area contributed by atoms with Crippen LogP contribution in [0.25, 0.3) is 88.4 Å². The third-order valence-corrected chi connectivity index (χ3v) is 9.55. The molecular formula is C48H32N2. The summed E-state index contributed by atoms with van der Waals surface area (Å²) in [6, 6.07) is 42.9. The molecule has 234 valence electrons. The van der Waals surface area contributed by atoms with Crippen molar-refractivity contribution in [1.29, 1.82) is 0 Å². The lowest BCUT2D eigenvalue weighted by atomic mass is 9.87. The minimum absolute atomic E-state index is 0.0251. The van der Waals surface area contributed by atoms with E-state index in [1.165, 1.54) is 0 Å². The molecule has 2 nitrogen and oxygen atoms in total. The maximum atomic E-state index is 9.06. The number of nitrogens with zero attached hydrogens (tertiary/aromatic N) is 2. The summed E-state index contributed by atoms with van der Waals surface area (Å²) < 4.78 is 82.2. The van der Waals surface area contributed by atoms with Crippen LogP contribution in [0, 0.1) is 0 Å². The highest BCUT2D eigenvalue weighted by Crippen LogP contribution is 2.43. The minimum Gasteiger partial charge on any atom is -0.309 e. The van der Waals surface area contributed by atoms with Crippen LogP contribution in [0.1, 0.15) is 12.3 Å². The molecule has 50 heavy (non-hydrogen) atoms. The number of benzene rings is 8. The van der Waals surface area contributed by atoms with Crippen molar-refractivity contribution in [3.63, 3.8) is 0 Å². The Kier molecular flexibility index (Phi) is 4.76. The molecule has 0 atom stereocenters. The van der Waals surface area contributed by atoms with Crippen LogP contribution in [0.5, 0.6) is 0 Å². The highest BCUT2D eigenvalue weighted by Gasteiger charge is 2.19. The monoisotopic (exact) mass is 645 g/mol. The standard InChI is InChI=1S/C48H32N2/c1-4-15-33(16-5-1)38-23-14-24-39(34-17-6-2-7-18-34)48(38)35-27-29-46-42(31-35)43-32-37(28-30-47(43)49(46)36-19-8-3-9-20-36)50-44-25-12-10-21-40(44)41-22-11-13-26-45(41)50/h1-32H/i3D,8D,9D,10D,12D,19D,20D,21D,25D. The van der Waals surface area contributed by atoms with Gasteiger partial charge in [0.1, 0.15) is 0 Å². The fourth-order valence-electron chi connectivity index (χ4n) is 7.42. The van der Waals surface area contributed by atoms with Gasteiger partial charge >= 0.3 is 0 Å². The Balaban J connectivity index is 1.34. The molecule has 0 aliphatic carbocycles. The Morgan fingerprint density at radius 3 is 1.66 bits per heavy atom. The summed E-state index contributed by atoms with van der Waals surface area (Å²) in [5.41, 5.74) is 8.98. The fourth-order valence-corrected chi connectivity index (χ4v) is 7.42. The van der Waals surface area contributed by atoms with Crippen molar-refractivity contribution >= 4 is 43.6 Å². The average Bonchev–Trinajstić information content (AvgIpc) is 3.79. The van der Waals surface area contributed by atoms with E-state index < -0.39 is 18.1 Å². The van der Waals surface area contributed by atoms with Gasteiger partial charge in [0.15, 0.2) is 0 Å². The molecule has 2 heterocycles. The van der Waals surface area contributed by atoms with E-state index in [1.807, 2.05) is 95.6 Å². The molecule has 8 aromatic carbocycles. The normalized spacial score (nSPS) is 14.1. The van der Waals surface area contributed by atoms with Crippen molar-refractivity contribution in [3.8, 4) is 44.8 Å². The second-order valence-electron chi connectivity index (χ2n) is 12.3. The van der Waals surface area contributed by atoms with Crippen molar-refractivity contribution in [2.45, 2.75) is 0 Å². The summed E-state index contributed by atoms with van der Waals surface area (Å²) in [4.78, 5) is 0. The van der Waals surface area contributed by atoms with Gasteiger partial charge in [0.2, 0.25) is 0 Å². The van der Waals surface area contributed by atoms with Crippen LogP contribution in [-0.4, -0.2) is 9.13 Å². The minimum atomic E-state index is -0.476. The fraction of sp³-hybridized carbons (Fsp3) is 0. The SMILES string of the molecule is [2H]c1c([2H])c([2H])c(-n2c3ccc(-c4c(-c5ccccc5)cccc4-c4ccccc4)cc3c3cc(-n4c5ccccc5c5c([2H])c([2H])c([2H])c([2H])c54)ccc32)c([2H])c1[2H]. The molecule has 10 rings (SSSR count). The van der Waals surface area contributed by atoms with E-state index in [1.54, 1.807) is 4.57 Å². The second-order valence-corrected chi connectivity index (χ2v) is 12.3. The van der Waals surface area contributed by atoms with Gasteiger partial charge in [-0.2, -0.15) is 0 Å². The molecule has 0 amide bonds. The first-order valence-electron chi connectivity index (χ1n) is 21.0. The second kappa shape index (κ2) is 11.5. The maximum absolute atomic E-state index is 9.06. The summed E-state index contributed by atoms with van der Waals surface area (Å²) in [5, 5.41) is 2.58. The summed E-state index contributed by atoms with van der Waals surface area (Å²) in [7, 11) is 0. The number of aromatic nitrogens is 2. The lowest BCUT2D eigenvalue weighted by Crippen LogP contribution is -1.95. The first-order chi connectivity index (χ1) is 28.6. The molecule has 0 saturated heterocycles. The van der Waals surface area contributed by atoms with E-state index in [0.29, 0.717) is 38.5 Å². The maximum Gasteiger partial charge on any atom is 0.0645 e. The molecule has 0 N–H and O–H groups in total. The summed E-state index contributed by atoms with van der Waals surface area (Å²) in [5.74, 6) is 0. The molecule has 10 aromatic rings. The van der Waals surface area contributed by atoms with Crippen molar-refractivity contribution in [2.75, 3.05) is 0 Å². The number of rotatable bonds is 5. The highest BCUT2D eigenvalue weighted by atomic mass is 15.0. The van der Waals surface area contributed by atoms with Crippen LogP contribution >= 0.6 is 0 Å². The predicted octanol–water partition coefficient (Wildman–Crippen LogP) is 12.9.